The number of nitrogens with one attached hydrogen (secondary N) is 2. The number of ether oxygens (including phenoxy) is 1. The number of amides is 1. The van der Waals surface area contributed by atoms with E-state index >= 15 is 0 Å². The fourth-order valence-electron chi connectivity index (χ4n) is 1.70. The van der Waals surface area contributed by atoms with Crippen LogP contribution >= 0.6 is 15.9 Å². The first kappa shape index (κ1) is 12.7. The minimum atomic E-state index is -0.424. The minimum Gasteiger partial charge on any atom is -0.466 e. The monoisotopic (exact) mass is 336 g/mol. The van der Waals surface area contributed by atoms with Crippen molar-refractivity contribution in [1.29, 1.82) is 0 Å². The molecule has 0 atom stereocenters. The summed E-state index contributed by atoms with van der Waals surface area (Å²) in [4.78, 5) is 15.9. The van der Waals surface area contributed by atoms with Crippen LogP contribution in [-0.2, 0) is 0 Å². The molecule has 0 aliphatic heterocycles. The number of fused-ring (bicyclic) bond motifs is 1. The van der Waals surface area contributed by atoms with Crippen molar-refractivity contribution in [3.8, 4) is 6.01 Å². The van der Waals surface area contributed by atoms with Gasteiger partial charge in [-0.2, -0.15) is 4.98 Å². The van der Waals surface area contributed by atoms with E-state index in [-0.39, 0.29) is 17.7 Å². The Balaban J connectivity index is 1.86. The molecule has 0 bridgehead atoms. The lowest BCUT2D eigenvalue weighted by molar-refractivity contribution is 0.0998. The summed E-state index contributed by atoms with van der Waals surface area (Å²) in [6.45, 7) is 0. The van der Waals surface area contributed by atoms with Crippen LogP contribution in [0, 0.1) is 0 Å². The molecule has 0 unspecified atom stereocenters. The predicted molar refractivity (Wildman–Crippen MR) is 74.8 cm³/mol. The third kappa shape index (κ3) is 2.25. The third-order valence-corrected chi connectivity index (χ3v) is 3.22. The summed E-state index contributed by atoms with van der Waals surface area (Å²) in [5, 5.41) is 9.63. The van der Waals surface area contributed by atoms with E-state index in [0.717, 1.165) is 9.86 Å². The van der Waals surface area contributed by atoms with E-state index in [1.807, 2.05) is 18.2 Å². The lowest BCUT2D eigenvalue weighted by atomic mass is 10.2. The zero-order valence-corrected chi connectivity index (χ0v) is 11.9. The molecule has 0 spiro atoms. The van der Waals surface area contributed by atoms with E-state index < -0.39 is 5.91 Å². The number of hydrogen-bond donors (Lipinski definition) is 2. The number of H-pyrrole nitrogens is 1. The SMILES string of the molecule is COc1n[nH]c(NC(=O)c2cc3cccc(Br)c3o2)n1. The Morgan fingerprint density at radius 2 is 2.35 bits per heavy atom. The van der Waals surface area contributed by atoms with Gasteiger partial charge in [0.15, 0.2) is 5.76 Å². The van der Waals surface area contributed by atoms with Crippen molar-refractivity contribution in [3.05, 3.63) is 34.5 Å². The third-order valence-electron chi connectivity index (χ3n) is 2.60. The zero-order valence-electron chi connectivity index (χ0n) is 10.3. The number of halogens is 1. The van der Waals surface area contributed by atoms with Crippen LogP contribution in [0.3, 0.4) is 0 Å². The number of furan rings is 1. The van der Waals surface area contributed by atoms with Gasteiger partial charge < -0.3 is 9.15 Å². The van der Waals surface area contributed by atoms with Crippen LogP contribution in [0.15, 0.2) is 33.2 Å². The van der Waals surface area contributed by atoms with E-state index in [4.69, 9.17) is 9.15 Å². The van der Waals surface area contributed by atoms with Crippen LogP contribution < -0.4 is 10.1 Å². The topological polar surface area (TPSA) is 93.0 Å². The highest BCUT2D eigenvalue weighted by Gasteiger charge is 2.15. The van der Waals surface area contributed by atoms with Crippen LogP contribution in [0.25, 0.3) is 11.0 Å². The maximum absolute atomic E-state index is 12.0. The van der Waals surface area contributed by atoms with Crippen molar-refractivity contribution in [3.63, 3.8) is 0 Å². The summed E-state index contributed by atoms with van der Waals surface area (Å²) in [7, 11) is 1.44. The number of hydrogen-bond acceptors (Lipinski definition) is 5. The highest BCUT2D eigenvalue weighted by atomic mass is 79.9. The summed E-state index contributed by atoms with van der Waals surface area (Å²) in [5.41, 5.74) is 0.618. The zero-order chi connectivity index (χ0) is 14.1. The Bertz CT molecular complexity index is 780. The number of benzene rings is 1. The molecular weight excluding hydrogens is 328 g/mol. The van der Waals surface area contributed by atoms with Crippen LogP contribution in [0.4, 0.5) is 5.95 Å². The summed E-state index contributed by atoms with van der Waals surface area (Å²) >= 11 is 3.37. The molecule has 8 heteroatoms. The first-order chi connectivity index (χ1) is 9.67. The van der Waals surface area contributed by atoms with Gasteiger partial charge in [-0.15, -0.1) is 5.10 Å². The molecule has 20 heavy (non-hydrogen) atoms. The normalized spacial score (nSPS) is 10.7. The molecule has 2 heterocycles. The lowest BCUT2D eigenvalue weighted by Crippen LogP contribution is -2.11. The largest absolute Gasteiger partial charge is 0.466 e. The Hall–Kier alpha value is -2.35. The van der Waals surface area contributed by atoms with Crippen LogP contribution in [0.1, 0.15) is 10.6 Å². The van der Waals surface area contributed by atoms with Gasteiger partial charge in [0.05, 0.1) is 11.6 Å². The number of carbonyl (C=O) groups excluding carboxylic acids is 1. The molecule has 0 saturated heterocycles. The molecule has 0 fully saturated rings. The van der Waals surface area contributed by atoms with Gasteiger partial charge in [0.25, 0.3) is 5.91 Å². The molecule has 0 aliphatic carbocycles. The average molecular weight is 337 g/mol. The van der Waals surface area contributed by atoms with Crippen molar-refractivity contribution < 1.29 is 13.9 Å². The van der Waals surface area contributed by atoms with E-state index in [0.29, 0.717) is 5.58 Å². The van der Waals surface area contributed by atoms with Gasteiger partial charge in [0.2, 0.25) is 5.95 Å². The van der Waals surface area contributed by atoms with Gasteiger partial charge in [-0.25, -0.2) is 5.10 Å². The van der Waals surface area contributed by atoms with Gasteiger partial charge >= 0.3 is 6.01 Å². The smallest absolute Gasteiger partial charge is 0.336 e. The number of anilines is 1. The Kier molecular flexibility index (Phi) is 3.15. The molecule has 1 aromatic carbocycles. The molecule has 0 radical (unpaired) electrons. The number of nitrogens with zero attached hydrogens (tertiary/aromatic N) is 2. The van der Waals surface area contributed by atoms with E-state index in [9.17, 15) is 4.79 Å². The number of carbonyl (C=O) groups is 1. The molecular formula is C12H9BrN4O3. The van der Waals surface area contributed by atoms with Gasteiger partial charge in [-0.1, -0.05) is 12.1 Å². The van der Waals surface area contributed by atoms with Gasteiger partial charge in [-0.05, 0) is 28.1 Å². The summed E-state index contributed by atoms with van der Waals surface area (Å²) in [5.74, 6) is -0.0551. The quantitative estimate of drug-likeness (QED) is 0.766. The minimum absolute atomic E-state index is 0.146. The number of para-hydroxylation sites is 1. The summed E-state index contributed by atoms with van der Waals surface area (Å²) in [6.07, 6.45) is 0. The van der Waals surface area contributed by atoms with E-state index in [1.165, 1.54) is 7.11 Å². The Morgan fingerprint density at radius 3 is 3.05 bits per heavy atom. The number of methoxy groups -OCH3 is 1. The number of aromatic nitrogens is 3. The first-order valence-corrected chi connectivity index (χ1v) is 6.42. The highest BCUT2D eigenvalue weighted by Crippen LogP contribution is 2.27. The molecule has 0 saturated carbocycles. The maximum atomic E-state index is 12.0. The van der Waals surface area contributed by atoms with Crippen LogP contribution in [0.2, 0.25) is 0 Å². The van der Waals surface area contributed by atoms with Crippen molar-refractivity contribution in [2.75, 3.05) is 12.4 Å². The second kappa shape index (κ2) is 4.97. The van der Waals surface area contributed by atoms with Gasteiger partial charge in [0.1, 0.15) is 5.58 Å². The van der Waals surface area contributed by atoms with Gasteiger partial charge in [-0.3, -0.25) is 10.1 Å². The van der Waals surface area contributed by atoms with Gasteiger partial charge in [0, 0.05) is 5.39 Å². The first-order valence-electron chi connectivity index (χ1n) is 5.63. The molecule has 1 amide bonds. The average Bonchev–Trinajstić information content (AvgIpc) is 3.05. The highest BCUT2D eigenvalue weighted by molar-refractivity contribution is 9.10. The second-order valence-corrected chi connectivity index (χ2v) is 4.75. The van der Waals surface area contributed by atoms with Crippen LogP contribution in [0.5, 0.6) is 6.01 Å². The predicted octanol–water partition coefficient (Wildman–Crippen LogP) is 2.57. The standard InChI is InChI=1S/C12H9BrN4O3/c1-19-12-15-11(16-17-12)14-10(18)8-5-6-3-2-4-7(13)9(6)20-8/h2-5H,1H3,(H2,14,15,16,17,18). The van der Waals surface area contributed by atoms with E-state index in [2.05, 4.69) is 36.4 Å². The van der Waals surface area contributed by atoms with Crippen molar-refractivity contribution >= 4 is 38.8 Å². The van der Waals surface area contributed by atoms with Crippen molar-refractivity contribution in [1.82, 2.24) is 15.2 Å². The fraction of sp³-hybridized carbons (Fsp3) is 0.0833. The number of rotatable bonds is 3. The Morgan fingerprint density at radius 1 is 1.50 bits per heavy atom. The molecule has 3 rings (SSSR count). The molecule has 7 nitrogen and oxygen atoms in total. The lowest BCUT2D eigenvalue weighted by Gasteiger charge is -1.96. The molecule has 102 valence electrons. The summed E-state index contributed by atoms with van der Waals surface area (Å²) in [6, 6.07) is 7.37. The molecule has 3 aromatic rings. The van der Waals surface area contributed by atoms with Crippen LogP contribution in [-0.4, -0.2) is 28.2 Å². The number of aromatic amines is 1. The Labute approximate surface area is 121 Å². The fourth-order valence-corrected chi connectivity index (χ4v) is 2.16. The molecule has 2 N–H and O–H groups in total. The van der Waals surface area contributed by atoms with Crippen molar-refractivity contribution in [2.24, 2.45) is 0 Å². The second-order valence-electron chi connectivity index (χ2n) is 3.89. The molecule has 2 aromatic heterocycles. The van der Waals surface area contributed by atoms with Crippen molar-refractivity contribution in [2.45, 2.75) is 0 Å². The summed E-state index contributed by atoms with van der Waals surface area (Å²) < 4.78 is 11.1. The van der Waals surface area contributed by atoms with E-state index in [1.54, 1.807) is 6.07 Å². The maximum Gasteiger partial charge on any atom is 0.336 e. The molecule has 0 aliphatic rings.